The number of carbonyl (C=O) groups excluding carboxylic acids is 1. The number of ketones is 1. The first kappa shape index (κ1) is 13.3. The number of hydrogen-bond donors (Lipinski definition) is 1. The van der Waals surface area contributed by atoms with Crippen molar-refractivity contribution in [2.75, 3.05) is 5.33 Å². The number of carbonyl (C=O) groups is 1. The summed E-state index contributed by atoms with van der Waals surface area (Å²) < 4.78 is 37.6. The molecule has 0 saturated heterocycles. The van der Waals surface area contributed by atoms with Crippen LogP contribution in [0.25, 0.3) is 0 Å². The number of halogens is 5. The molecule has 0 aliphatic carbocycles. The zero-order valence-electron chi connectivity index (χ0n) is 7.61. The van der Waals surface area contributed by atoms with Gasteiger partial charge in [0.25, 0.3) is 0 Å². The molecule has 0 aliphatic rings. The average Bonchev–Trinajstić information content (AvgIpc) is 2.19. The molecule has 0 aliphatic heterocycles. The van der Waals surface area contributed by atoms with Crippen LogP contribution in [0.4, 0.5) is 13.2 Å². The zero-order valence-corrected chi connectivity index (χ0v) is 9.95. The molecular formula is C9H5BrClF3O2. The van der Waals surface area contributed by atoms with Crippen molar-refractivity contribution < 1.29 is 23.1 Å². The smallest absolute Gasteiger partial charge is 0.417 e. The van der Waals surface area contributed by atoms with Crippen LogP contribution in [0.15, 0.2) is 12.1 Å². The first-order valence-electron chi connectivity index (χ1n) is 3.97. The fourth-order valence-electron chi connectivity index (χ4n) is 1.14. The molecule has 0 unspecified atom stereocenters. The van der Waals surface area contributed by atoms with Crippen LogP contribution in [0, 0.1) is 0 Å². The number of rotatable bonds is 2. The number of Topliss-reactive ketones (excluding diaryl/α,β-unsaturated/α-hetero) is 1. The standard InChI is InChI=1S/C9H5BrClF3O2/c10-3-6(16)7-4(9(12,13)14)1-2-5(15)8(7)11/h1-2,15H,3H2. The van der Waals surface area contributed by atoms with Gasteiger partial charge in [-0.1, -0.05) is 27.5 Å². The quantitative estimate of drug-likeness (QED) is 0.668. The number of alkyl halides is 4. The topological polar surface area (TPSA) is 37.3 Å². The summed E-state index contributed by atoms with van der Waals surface area (Å²) in [6, 6.07) is 1.42. The van der Waals surface area contributed by atoms with Crippen LogP contribution >= 0.6 is 27.5 Å². The van der Waals surface area contributed by atoms with E-state index >= 15 is 0 Å². The van der Waals surface area contributed by atoms with Gasteiger partial charge in [0.1, 0.15) is 5.75 Å². The van der Waals surface area contributed by atoms with Crippen LogP contribution in [-0.4, -0.2) is 16.2 Å². The molecule has 16 heavy (non-hydrogen) atoms. The molecule has 0 aromatic heterocycles. The maximum atomic E-state index is 12.5. The highest BCUT2D eigenvalue weighted by atomic mass is 79.9. The third-order valence-corrected chi connectivity index (χ3v) is 2.72. The van der Waals surface area contributed by atoms with E-state index in [9.17, 15) is 18.0 Å². The number of benzene rings is 1. The molecule has 0 atom stereocenters. The van der Waals surface area contributed by atoms with Gasteiger partial charge >= 0.3 is 6.18 Å². The summed E-state index contributed by atoms with van der Waals surface area (Å²) in [5, 5.41) is 8.28. The van der Waals surface area contributed by atoms with Gasteiger partial charge in [-0.3, -0.25) is 4.79 Å². The molecule has 0 amide bonds. The highest BCUT2D eigenvalue weighted by Crippen LogP contribution is 2.39. The van der Waals surface area contributed by atoms with Gasteiger partial charge in [0.15, 0.2) is 5.78 Å². The molecule has 0 fully saturated rings. The van der Waals surface area contributed by atoms with Crippen molar-refractivity contribution in [2.45, 2.75) is 6.18 Å². The van der Waals surface area contributed by atoms with E-state index < -0.39 is 33.9 Å². The highest BCUT2D eigenvalue weighted by molar-refractivity contribution is 9.09. The van der Waals surface area contributed by atoms with Crippen LogP contribution in [-0.2, 0) is 6.18 Å². The predicted octanol–water partition coefficient (Wildman–Crippen LogP) is 3.64. The van der Waals surface area contributed by atoms with E-state index in [1.54, 1.807) is 0 Å². The Morgan fingerprint density at radius 1 is 1.44 bits per heavy atom. The Morgan fingerprint density at radius 2 is 2.00 bits per heavy atom. The van der Waals surface area contributed by atoms with Crippen molar-refractivity contribution in [1.82, 2.24) is 0 Å². The molecule has 1 rings (SSSR count). The molecule has 0 radical (unpaired) electrons. The predicted molar refractivity (Wildman–Crippen MR) is 56.2 cm³/mol. The van der Waals surface area contributed by atoms with Gasteiger partial charge in [0, 0.05) is 0 Å². The molecule has 1 N–H and O–H groups in total. The van der Waals surface area contributed by atoms with E-state index in [4.69, 9.17) is 16.7 Å². The Bertz CT molecular complexity index is 431. The zero-order chi connectivity index (χ0) is 12.5. The fraction of sp³-hybridized carbons (Fsp3) is 0.222. The minimum Gasteiger partial charge on any atom is -0.506 e. The van der Waals surface area contributed by atoms with Gasteiger partial charge in [-0.25, -0.2) is 0 Å². The summed E-state index contributed by atoms with van der Waals surface area (Å²) in [7, 11) is 0. The summed E-state index contributed by atoms with van der Waals surface area (Å²) >= 11 is 8.24. The normalized spacial score (nSPS) is 11.6. The van der Waals surface area contributed by atoms with E-state index in [0.717, 1.165) is 6.07 Å². The lowest BCUT2D eigenvalue weighted by molar-refractivity contribution is -0.137. The lowest BCUT2D eigenvalue weighted by atomic mass is 10.0. The lowest BCUT2D eigenvalue weighted by Crippen LogP contribution is -2.14. The van der Waals surface area contributed by atoms with Crippen molar-refractivity contribution in [3.8, 4) is 5.75 Å². The molecule has 0 spiro atoms. The third kappa shape index (κ3) is 2.49. The first-order valence-corrected chi connectivity index (χ1v) is 5.46. The van der Waals surface area contributed by atoms with Gasteiger partial charge < -0.3 is 5.11 Å². The summed E-state index contributed by atoms with van der Waals surface area (Å²) in [4.78, 5) is 11.3. The number of hydrogen-bond acceptors (Lipinski definition) is 2. The molecule has 1 aromatic carbocycles. The minimum absolute atomic E-state index is 0.306. The summed E-state index contributed by atoms with van der Waals surface area (Å²) in [6.45, 7) is 0. The SMILES string of the molecule is O=C(CBr)c1c(C(F)(F)F)ccc(O)c1Cl. The fourth-order valence-corrected chi connectivity index (χ4v) is 1.69. The second kappa shape index (κ2) is 4.63. The van der Waals surface area contributed by atoms with E-state index in [0.29, 0.717) is 6.07 Å². The maximum absolute atomic E-state index is 12.5. The second-order valence-corrected chi connectivity index (χ2v) is 3.81. The third-order valence-electron chi connectivity index (χ3n) is 1.83. The van der Waals surface area contributed by atoms with Crippen LogP contribution in [0.2, 0.25) is 5.02 Å². The van der Waals surface area contributed by atoms with Crippen molar-refractivity contribution in [3.63, 3.8) is 0 Å². The number of phenols is 1. The van der Waals surface area contributed by atoms with E-state index in [1.807, 2.05) is 0 Å². The Hall–Kier alpha value is -0.750. The molecule has 1 aromatic rings. The first-order chi connectivity index (χ1) is 7.29. The van der Waals surface area contributed by atoms with E-state index in [-0.39, 0.29) is 5.33 Å². The lowest BCUT2D eigenvalue weighted by Gasteiger charge is -2.13. The molecule has 88 valence electrons. The second-order valence-electron chi connectivity index (χ2n) is 2.88. The Labute approximate surface area is 102 Å². The van der Waals surface area contributed by atoms with E-state index in [2.05, 4.69) is 15.9 Å². The Kier molecular flexibility index (Phi) is 3.85. The van der Waals surface area contributed by atoms with Gasteiger partial charge in [0.05, 0.1) is 21.5 Å². The summed E-state index contributed by atoms with van der Waals surface area (Å²) in [5.41, 5.74) is -1.87. The molecule has 0 saturated carbocycles. The number of aromatic hydroxyl groups is 1. The monoisotopic (exact) mass is 316 g/mol. The molecule has 7 heteroatoms. The Balaban J connectivity index is 3.51. The van der Waals surface area contributed by atoms with Gasteiger partial charge in [-0.2, -0.15) is 13.2 Å². The highest BCUT2D eigenvalue weighted by Gasteiger charge is 2.36. The molecule has 2 nitrogen and oxygen atoms in total. The summed E-state index contributed by atoms with van der Waals surface area (Å²) in [5.74, 6) is -1.40. The van der Waals surface area contributed by atoms with Crippen LogP contribution in [0.1, 0.15) is 15.9 Å². The van der Waals surface area contributed by atoms with Crippen LogP contribution in [0.3, 0.4) is 0 Å². The largest absolute Gasteiger partial charge is 0.506 e. The molecular weight excluding hydrogens is 312 g/mol. The van der Waals surface area contributed by atoms with Crippen molar-refractivity contribution in [1.29, 1.82) is 0 Å². The maximum Gasteiger partial charge on any atom is 0.417 e. The minimum atomic E-state index is -4.69. The van der Waals surface area contributed by atoms with Crippen molar-refractivity contribution in [3.05, 3.63) is 28.3 Å². The Morgan fingerprint density at radius 3 is 2.44 bits per heavy atom. The average molecular weight is 317 g/mol. The molecule has 0 heterocycles. The van der Waals surface area contributed by atoms with Crippen molar-refractivity contribution in [2.24, 2.45) is 0 Å². The van der Waals surface area contributed by atoms with Gasteiger partial charge in [0.2, 0.25) is 0 Å². The van der Waals surface area contributed by atoms with Crippen molar-refractivity contribution >= 4 is 33.3 Å². The summed E-state index contributed by atoms with van der Waals surface area (Å²) in [6.07, 6.45) is -4.69. The number of phenolic OH excluding ortho intramolecular Hbond substituents is 1. The van der Waals surface area contributed by atoms with E-state index in [1.165, 1.54) is 0 Å². The molecule has 0 bridgehead atoms. The van der Waals surface area contributed by atoms with Crippen LogP contribution < -0.4 is 0 Å². The van der Waals surface area contributed by atoms with Crippen LogP contribution in [0.5, 0.6) is 5.75 Å². The van der Waals surface area contributed by atoms with Gasteiger partial charge in [-0.15, -0.1) is 0 Å². The van der Waals surface area contributed by atoms with Gasteiger partial charge in [-0.05, 0) is 12.1 Å².